The lowest BCUT2D eigenvalue weighted by Gasteiger charge is -2.27. The standard InChI is InChI=1S/C13H23ClO4/c14-9-8-11(5-1-2-6-12(15)16)18-13-7-3-4-10-17-13/h11,13H,1-10H2,(H,15,16)/t11-,13-/m1/s1. The highest BCUT2D eigenvalue weighted by Crippen LogP contribution is 2.19. The van der Waals surface area contributed by atoms with Crippen LogP contribution >= 0.6 is 11.6 Å². The first kappa shape index (κ1) is 15.7. The molecule has 1 fully saturated rings. The Morgan fingerprint density at radius 1 is 1.39 bits per heavy atom. The molecule has 0 aromatic rings. The third-order valence-corrected chi connectivity index (χ3v) is 3.30. The summed E-state index contributed by atoms with van der Waals surface area (Å²) >= 11 is 5.76. The van der Waals surface area contributed by atoms with Gasteiger partial charge >= 0.3 is 5.97 Å². The number of ether oxygens (including phenoxy) is 2. The van der Waals surface area contributed by atoms with Gasteiger partial charge in [-0.1, -0.05) is 6.42 Å². The number of rotatable bonds is 9. The Kier molecular flexibility index (Phi) is 8.38. The molecular formula is C13H23ClO4. The Morgan fingerprint density at radius 3 is 2.83 bits per heavy atom. The Bertz CT molecular complexity index is 229. The van der Waals surface area contributed by atoms with E-state index >= 15 is 0 Å². The maximum absolute atomic E-state index is 10.4. The van der Waals surface area contributed by atoms with Crippen molar-refractivity contribution in [1.29, 1.82) is 0 Å². The number of aliphatic carboxylic acids is 1. The summed E-state index contributed by atoms with van der Waals surface area (Å²) < 4.78 is 11.4. The maximum Gasteiger partial charge on any atom is 0.303 e. The Morgan fingerprint density at radius 2 is 2.22 bits per heavy atom. The molecule has 1 aliphatic heterocycles. The number of carbonyl (C=O) groups is 1. The van der Waals surface area contributed by atoms with Gasteiger partial charge in [-0.2, -0.15) is 0 Å². The Balaban J connectivity index is 2.18. The van der Waals surface area contributed by atoms with Crippen molar-refractivity contribution in [3.8, 4) is 0 Å². The second kappa shape index (κ2) is 9.59. The highest BCUT2D eigenvalue weighted by molar-refractivity contribution is 6.17. The summed E-state index contributed by atoms with van der Waals surface area (Å²) in [6.45, 7) is 0.775. The minimum atomic E-state index is -0.736. The topological polar surface area (TPSA) is 55.8 Å². The molecule has 106 valence electrons. The van der Waals surface area contributed by atoms with E-state index in [1.807, 2.05) is 0 Å². The highest BCUT2D eigenvalue weighted by Gasteiger charge is 2.19. The summed E-state index contributed by atoms with van der Waals surface area (Å²) in [6, 6.07) is 0. The van der Waals surface area contributed by atoms with Gasteiger partial charge in [-0.15, -0.1) is 11.6 Å². The first-order valence-corrected chi connectivity index (χ1v) is 7.30. The van der Waals surface area contributed by atoms with E-state index in [2.05, 4.69) is 0 Å². The predicted octanol–water partition coefficient (Wildman–Crippen LogP) is 3.17. The zero-order chi connectivity index (χ0) is 13.2. The van der Waals surface area contributed by atoms with E-state index in [0.29, 0.717) is 12.3 Å². The van der Waals surface area contributed by atoms with Crippen LogP contribution in [0.3, 0.4) is 0 Å². The SMILES string of the molecule is O=C(O)CCCC[C@H](CCCl)O[C@@H]1CCCCO1. The number of unbranched alkanes of at least 4 members (excludes halogenated alkanes) is 1. The molecule has 0 aromatic carbocycles. The number of carboxylic acids is 1. The van der Waals surface area contributed by atoms with Crippen molar-refractivity contribution in [2.45, 2.75) is 63.8 Å². The van der Waals surface area contributed by atoms with Crippen LogP contribution in [0.1, 0.15) is 51.4 Å². The molecule has 0 aromatic heterocycles. The summed E-state index contributed by atoms with van der Waals surface area (Å²) in [5.41, 5.74) is 0. The molecule has 0 aliphatic carbocycles. The third-order valence-electron chi connectivity index (χ3n) is 3.08. The Labute approximate surface area is 114 Å². The summed E-state index contributed by atoms with van der Waals surface area (Å²) in [6.07, 6.45) is 6.67. The van der Waals surface area contributed by atoms with Crippen LogP contribution in [0.4, 0.5) is 0 Å². The van der Waals surface area contributed by atoms with Gasteiger partial charge in [-0.05, 0) is 38.5 Å². The van der Waals surface area contributed by atoms with E-state index < -0.39 is 5.97 Å². The molecule has 4 nitrogen and oxygen atoms in total. The molecule has 0 amide bonds. The average molecular weight is 279 g/mol. The van der Waals surface area contributed by atoms with E-state index in [9.17, 15) is 4.79 Å². The van der Waals surface area contributed by atoms with Crippen LogP contribution in [-0.4, -0.2) is 36.0 Å². The predicted molar refractivity (Wildman–Crippen MR) is 69.9 cm³/mol. The maximum atomic E-state index is 10.4. The smallest absolute Gasteiger partial charge is 0.303 e. The molecule has 0 spiro atoms. The minimum absolute atomic E-state index is 0.0913. The van der Waals surface area contributed by atoms with Gasteiger partial charge in [0.2, 0.25) is 0 Å². The lowest BCUT2D eigenvalue weighted by molar-refractivity contribution is -0.189. The second-order valence-electron chi connectivity index (χ2n) is 4.67. The molecule has 1 aliphatic rings. The minimum Gasteiger partial charge on any atom is -0.481 e. The molecule has 0 saturated carbocycles. The fourth-order valence-electron chi connectivity index (χ4n) is 2.08. The number of halogens is 1. The van der Waals surface area contributed by atoms with Crippen molar-refractivity contribution in [2.75, 3.05) is 12.5 Å². The first-order valence-electron chi connectivity index (χ1n) is 6.77. The van der Waals surface area contributed by atoms with E-state index in [0.717, 1.165) is 45.1 Å². The molecule has 5 heteroatoms. The molecule has 1 N–H and O–H groups in total. The van der Waals surface area contributed by atoms with Gasteiger partial charge in [0, 0.05) is 18.9 Å². The molecule has 2 atom stereocenters. The molecule has 0 unspecified atom stereocenters. The van der Waals surface area contributed by atoms with Crippen molar-refractivity contribution >= 4 is 17.6 Å². The van der Waals surface area contributed by atoms with Crippen molar-refractivity contribution in [2.24, 2.45) is 0 Å². The van der Waals surface area contributed by atoms with E-state index in [-0.39, 0.29) is 18.8 Å². The fourth-order valence-corrected chi connectivity index (χ4v) is 2.33. The van der Waals surface area contributed by atoms with Gasteiger partial charge in [0.1, 0.15) is 0 Å². The van der Waals surface area contributed by atoms with Crippen LogP contribution in [0.2, 0.25) is 0 Å². The largest absolute Gasteiger partial charge is 0.481 e. The van der Waals surface area contributed by atoms with Gasteiger partial charge in [0.25, 0.3) is 0 Å². The summed E-state index contributed by atoms with van der Waals surface area (Å²) in [4.78, 5) is 10.4. The zero-order valence-corrected chi connectivity index (χ0v) is 11.5. The van der Waals surface area contributed by atoms with Gasteiger partial charge in [0.15, 0.2) is 6.29 Å². The molecule has 0 bridgehead atoms. The monoisotopic (exact) mass is 278 g/mol. The molecule has 1 heterocycles. The van der Waals surface area contributed by atoms with Gasteiger partial charge in [-0.25, -0.2) is 0 Å². The highest BCUT2D eigenvalue weighted by atomic mass is 35.5. The van der Waals surface area contributed by atoms with Gasteiger partial charge in [0.05, 0.1) is 6.10 Å². The van der Waals surface area contributed by atoms with Crippen LogP contribution < -0.4 is 0 Å². The fraction of sp³-hybridized carbons (Fsp3) is 0.923. The third kappa shape index (κ3) is 7.19. The van der Waals surface area contributed by atoms with Crippen LogP contribution in [0.15, 0.2) is 0 Å². The lowest BCUT2D eigenvalue weighted by Crippen LogP contribution is -2.28. The van der Waals surface area contributed by atoms with Crippen molar-refractivity contribution in [3.05, 3.63) is 0 Å². The summed E-state index contributed by atoms with van der Waals surface area (Å²) in [7, 11) is 0. The van der Waals surface area contributed by atoms with Crippen LogP contribution in [0.5, 0.6) is 0 Å². The molecule has 1 rings (SSSR count). The van der Waals surface area contributed by atoms with Crippen molar-refractivity contribution < 1.29 is 19.4 Å². The van der Waals surface area contributed by atoms with Crippen LogP contribution in [0.25, 0.3) is 0 Å². The van der Waals surface area contributed by atoms with Crippen LogP contribution in [0, 0.1) is 0 Å². The molecule has 18 heavy (non-hydrogen) atoms. The van der Waals surface area contributed by atoms with Crippen LogP contribution in [-0.2, 0) is 14.3 Å². The van der Waals surface area contributed by atoms with E-state index in [1.54, 1.807) is 0 Å². The molecular weight excluding hydrogens is 256 g/mol. The molecule has 0 radical (unpaired) electrons. The van der Waals surface area contributed by atoms with Crippen molar-refractivity contribution in [3.63, 3.8) is 0 Å². The van der Waals surface area contributed by atoms with Crippen molar-refractivity contribution in [1.82, 2.24) is 0 Å². The van der Waals surface area contributed by atoms with E-state index in [1.165, 1.54) is 0 Å². The molecule has 1 saturated heterocycles. The number of carboxylic acid groups (broad SMARTS) is 1. The van der Waals surface area contributed by atoms with Gasteiger partial charge in [-0.3, -0.25) is 4.79 Å². The summed E-state index contributed by atoms with van der Waals surface area (Å²) in [5, 5.41) is 8.57. The first-order chi connectivity index (χ1) is 8.72. The number of hydrogen-bond donors (Lipinski definition) is 1. The normalized spacial score (nSPS) is 21.7. The quantitative estimate of drug-likeness (QED) is 0.520. The lowest BCUT2D eigenvalue weighted by atomic mass is 10.1. The van der Waals surface area contributed by atoms with Gasteiger partial charge < -0.3 is 14.6 Å². The number of alkyl halides is 1. The summed E-state index contributed by atoms with van der Waals surface area (Å²) in [5.74, 6) is -0.170. The van der Waals surface area contributed by atoms with E-state index in [4.69, 9.17) is 26.2 Å². The average Bonchev–Trinajstić information content (AvgIpc) is 2.36. The zero-order valence-electron chi connectivity index (χ0n) is 10.8. The number of hydrogen-bond acceptors (Lipinski definition) is 3. The Hall–Kier alpha value is -0.320. The second-order valence-corrected chi connectivity index (χ2v) is 5.05.